The van der Waals surface area contributed by atoms with Gasteiger partial charge in [-0.3, -0.25) is 9.59 Å². The minimum atomic E-state index is -1.23. The third-order valence-corrected chi connectivity index (χ3v) is 5.24. The van der Waals surface area contributed by atoms with Crippen LogP contribution in [0.5, 0.6) is 0 Å². The van der Waals surface area contributed by atoms with E-state index in [-0.39, 0.29) is 11.9 Å². The molecule has 3 N–H and O–H groups in total. The normalized spacial score (nSPS) is 15.9. The Morgan fingerprint density at radius 3 is 2.15 bits per heavy atom. The molecule has 0 bridgehead atoms. The number of hydrogen-bond donors (Lipinski definition) is 3. The van der Waals surface area contributed by atoms with Crippen LogP contribution in [-0.4, -0.2) is 57.7 Å². The fourth-order valence-electron chi connectivity index (χ4n) is 3.50. The average molecular weight is 462 g/mol. The van der Waals surface area contributed by atoms with Crippen LogP contribution < -0.4 is 10.6 Å². The molecule has 1 aliphatic rings. The molecule has 0 aromatic heterocycles. The number of nitrogens with one attached hydrogen (secondary N) is 2. The van der Waals surface area contributed by atoms with Crippen molar-refractivity contribution in [2.24, 2.45) is 0 Å². The number of amides is 3. The van der Waals surface area contributed by atoms with E-state index in [1.807, 2.05) is 52.8 Å². The monoisotopic (exact) mass is 461 g/mol. The summed E-state index contributed by atoms with van der Waals surface area (Å²) in [5, 5.41) is 15.4. The smallest absolute Gasteiger partial charge is 0.408 e. The van der Waals surface area contributed by atoms with E-state index in [1.165, 1.54) is 4.90 Å². The van der Waals surface area contributed by atoms with Gasteiger partial charge < -0.3 is 25.4 Å². The first kappa shape index (κ1) is 26.6. The van der Waals surface area contributed by atoms with Gasteiger partial charge in [-0.05, 0) is 84.9 Å². The fourth-order valence-corrected chi connectivity index (χ4v) is 3.50. The number of ether oxygens (including phenoxy) is 1. The first-order chi connectivity index (χ1) is 15.1. The third kappa shape index (κ3) is 7.74. The van der Waals surface area contributed by atoms with Crippen molar-refractivity contribution in [2.45, 2.75) is 97.5 Å². The lowest BCUT2D eigenvalue weighted by atomic mass is 9.97. The van der Waals surface area contributed by atoms with Crippen molar-refractivity contribution < 1.29 is 24.2 Å². The zero-order chi connectivity index (χ0) is 25.1. The summed E-state index contributed by atoms with van der Waals surface area (Å²) in [6.07, 6.45) is 0.702. The zero-order valence-corrected chi connectivity index (χ0v) is 21.1. The lowest BCUT2D eigenvalue weighted by Crippen LogP contribution is -2.56. The summed E-state index contributed by atoms with van der Waals surface area (Å²) >= 11 is 0. The van der Waals surface area contributed by atoms with Crippen LogP contribution in [-0.2, 0) is 14.3 Å². The molecule has 2 atom stereocenters. The van der Waals surface area contributed by atoms with E-state index in [1.54, 1.807) is 20.8 Å². The topological polar surface area (TPSA) is 108 Å². The van der Waals surface area contributed by atoms with Gasteiger partial charge in [0.15, 0.2) is 0 Å². The van der Waals surface area contributed by atoms with Gasteiger partial charge in [-0.2, -0.15) is 0 Å². The molecule has 8 heteroatoms. The van der Waals surface area contributed by atoms with Crippen molar-refractivity contribution in [3.05, 3.63) is 34.9 Å². The number of benzene rings is 1. The number of nitrogens with zero attached hydrogens (tertiary/aromatic N) is 1. The van der Waals surface area contributed by atoms with Gasteiger partial charge in [-0.1, -0.05) is 18.2 Å². The number of aliphatic hydroxyl groups excluding tert-OH is 1. The Labute approximate surface area is 197 Å². The average Bonchev–Trinajstić information content (AvgIpc) is 3.48. The van der Waals surface area contributed by atoms with Crippen molar-refractivity contribution in [3.63, 3.8) is 0 Å². The highest BCUT2D eigenvalue weighted by molar-refractivity contribution is 5.93. The van der Waals surface area contributed by atoms with Crippen LogP contribution in [0, 0.1) is 13.8 Å². The largest absolute Gasteiger partial charge is 0.444 e. The summed E-state index contributed by atoms with van der Waals surface area (Å²) in [6.45, 7) is 14.1. The molecule has 1 aromatic carbocycles. The van der Waals surface area contributed by atoms with Gasteiger partial charge in [-0.15, -0.1) is 0 Å². The minimum Gasteiger partial charge on any atom is -0.444 e. The first-order valence-electron chi connectivity index (χ1n) is 11.4. The number of aryl methyl sites for hydroxylation is 2. The molecule has 1 saturated carbocycles. The molecule has 3 amide bonds. The second kappa shape index (κ2) is 10.1. The van der Waals surface area contributed by atoms with E-state index in [4.69, 9.17) is 4.74 Å². The molecule has 1 fully saturated rings. The summed E-state index contributed by atoms with van der Waals surface area (Å²) in [7, 11) is 0. The van der Waals surface area contributed by atoms with E-state index >= 15 is 0 Å². The molecule has 0 heterocycles. The highest BCUT2D eigenvalue weighted by Gasteiger charge is 2.44. The molecule has 2 rings (SSSR count). The van der Waals surface area contributed by atoms with Crippen LogP contribution in [0.3, 0.4) is 0 Å². The van der Waals surface area contributed by atoms with E-state index in [0.717, 1.165) is 24.0 Å². The van der Waals surface area contributed by atoms with Gasteiger partial charge in [0.05, 0.1) is 6.61 Å². The minimum absolute atomic E-state index is 0.149. The van der Waals surface area contributed by atoms with Crippen molar-refractivity contribution in [1.29, 1.82) is 0 Å². The fraction of sp³-hybridized carbons (Fsp3) is 0.640. The van der Waals surface area contributed by atoms with Crippen molar-refractivity contribution >= 4 is 17.9 Å². The molecule has 8 nitrogen and oxygen atoms in total. The number of rotatable bonds is 7. The Balaban J connectivity index is 2.43. The molecular formula is C25H39N3O5. The molecule has 0 saturated heterocycles. The predicted molar refractivity (Wildman–Crippen MR) is 127 cm³/mol. The zero-order valence-electron chi connectivity index (χ0n) is 21.1. The van der Waals surface area contributed by atoms with Crippen molar-refractivity contribution in [2.75, 3.05) is 6.61 Å². The second-order valence-electron chi connectivity index (χ2n) is 10.8. The van der Waals surface area contributed by atoms with Crippen LogP contribution in [0.2, 0.25) is 0 Å². The summed E-state index contributed by atoms with van der Waals surface area (Å²) < 4.78 is 5.25. The number of alkyl carbamates (subject to hydrolysis) is 1. The summed E-state index contributed by atoms with van der Waals surface area (Å²) in [5.41, 5.74) is 1.53. The molecule has 0 aliphatic heterocycles. The van der Waals surface area contributed by atoms with Crippen LogP contribution in [0.1, 0.15) is 77.1 Å². The Bertz CT molecular complexity index is 881. The van der Waals surface area contributed by atoms with Gasteiger partial charge >= 0.3 is 6.09 Å². The van der Waals surface area contributed by atoms with Gasteiger partial charge in [0.25, 0.3) is 0 Å². The van der Waals surface area contributed by atoms with E-state index < -0.39 is 41.8 Å². The van der Waals surface area contributed by atoms with E-state index in [0.29, 0.717) is 5.56 Å². The molecule has 0 radical (unpaired) electrons. The highest BCUT2D eigenvalue weighted by Crippen LogP contribution is 2.36. The van der Waals surface area contributed by atoms with Gasteiger partial charge in [0, 0.05) is 11.6 Å². The Morgan fingerprint density at radius 1 is 1.09 bits per heavy atom. The molecule has 0 spiro atoms. The maximum atomic E-state index is 13.6. The molecule has 33 heavy (non-hydrogen) atoms. The summed E-state index contributed by atoms with van der Waals surface area (Å²) in [6, 6.07) is 3.44. The number of aliphatic hydroxyl groups is 1. The van der Waals surface area contributed by atoms with Crippen molar-refractivity contribution in [3.8, 4) is 0 Å². The Kier molecular flexibility index (Phi) is 8.17. The van der Waals surface area contributed by atoms with Crippen molar-refractivity contribution in [1.82, 2.24) is 15.5 Å². The lowest BCUT2D eigenvalue weighted by Gasteiger charge is -2.36. The molecule has 2 unspecified atom stereocenters. The van der Waals surface area contributed by atoms with Crippen LogP contribution >= 0.6 is 0 Å². The van der Waals surface area contributed by atoms with Crippen LogP contribution in [0.25, 0.3) is 0 Å². The number of hydrogen-bond acceptors (Lipinski definition) is 5. The predicted octanol–water partition coefficient (Wildman–Crippen LogP) is 3.14. The molecule has 1 aliphatic carbocycles. The second-order valence-corrected chi connectivity index (χ2v) is 10.8. The molecule has 1 aromatic rings. The number of carbonyl (C=O) groups is 3. The summed E-state index contributed by atoms with van der Waals surface area (Å²) in [5.74, 6) is -0.821. The van der Waals surface area contributed by atoms with Gasteiger partial charge in [0.1, 0.15) is 17.7 Å². The van der Waals surface area contributed by atoms with Crippen LogP contribution in [0.4, 0.5) is 4.79 Å². The van der Waals surface area contributed by atoms with Gasteiger partial charge in [-0.25, -0.2) is 4.79 Å². The maximum absolute atomic E-state index is 13.6. The quantitative estimate of drug-likeness (QED) is 0.578. The SMILES string of the molecule is Cc1ccc(C(C(=O)NC(C)(C)C)N(C(=O)C(CO)NC(=O)OC(C)(C)C)C2CC2)cc1C. The number of carbonyl (C=O) groups excluding carboxylic acids is 3. The Hall–Kier alpha value is -2.61. The van der Waals surface area contributed by atoms with Crippen LogP contribution in [0.15, 0.2) is 18.2 Å². The standard InChI is InChI=1S/C25H39N3O5/c1-15-9-10-17(13-16(15)2)20(21(30)27-24(3,4)5)28(18-11-12-18)22(31)19(14-29)26-23(32)33-25(6,7)8/h9-10,13,18-20,29H,11-12,14H2,1-8H3,(H,26,32)(H,27,30). The van der Waals surface area contributed by atoms with E-state index in [9.17, 15) is 19.5 Å². The lowest BCUT2D eigenvalue weighted by molar-refractivity contribution is -0.144. The summed E-state index contributed by atoms with van der Waals surface area (Å²) in [4.78, 5) is 40.9. The highest BCUT2D eigenvalue weighted by atomic mass is 16.6. The third-order valence-electron chi connectivity index (χ3n) is 5.24. The maximum Gasteiger partial charge on any atom is 0.408 e. The first-order valence-corrected chi connectivity index (χ1v) is 11.4. The molecule has 184 valence electrons. The molecular weight excluding hydrogens is 422 g/mol. The van der Waals surface area contributed by atoms with E-state index in [2.05, 4.69) is 10.6 Å². The Morgan fingerprint density at radius 2 is 1.70 bits per heavy atom. The van der Waals surface area contributed by atoms with Gasteiger partial charge in [0.2, 0.25) is 11.8 Å².